The topological polar surface area (TPSA) is 43.4 Å². The van der Waals surface area contributed by atoms with Gasteiger partial charge in [-0.3, -0.25) is 9.59 Å². The lowest BCUT2D eigenvalue weighted by Crippen LogP contribution is -2.52. The van der Waals surface area contributed by atoms with Gasteiger partial charge in [0.1, 0.15) is 6.10 Å². The molecule has 4 fully saturated rings. The Labute approximate surface area is 201 Å². The van der Waals surface area contributed by atoms with E-state index in [1.54, 1.807) is 0 Å². The van der Waals surface area contributed by atoms with Crippen molar-refractivity contribution in [2.45, 2.75) is 111 Å². The number of carbonyl (C=O) groups excluding carboxylic acids is 2. The summed E-state index contributed by atoms with van der Waals surface area (Å²) in [7, 11) is 0. The maximum atomic E-state index is 13.3. The van der Waals surface area contributed by atoms with Crippen molar-refractivity contribution in [2.75, 3.05) is 0 Å². The Morgan fingerprint density at radius 1 is 1.03 bits per heavy atom. The lowest BCUT2D eigenvalue weighted by molar-refractivity contribution is -0.163. The van der Waals surface area contributed by atoms with Gasteiger partial charge in [0.25, 0.3) is 0 Å². The van der Waals surface area contributed by atoms with E-state index >= 15 is 0 Å². The Balaban J connectivity index is 1.32. The van der Waals surface area contributed by atoms with Crippen LogP contribution in [0.1, 0.15) is 105 Å². The number of hydrogen-bond donors (Lipinski definition) is 0. The second kappa shape index (κ2) is 8.52. The van der Waals surface area contributed by atoms with Gasteiger partial charge in [0, 0.05) is 12.3 Å². The molecule has 0 bridgehead atoms. The molecule has 4 saturated carbocycles. The SMILES string of the molecule is CC1CC2=CC(=O)CC(OC(=O)[C@H]3CC[C@H](C(C)(C)C)CC3)[C@@H]2[C@H]2CC[C@]3(C)CCC[C@H]3[C@H]12. The van der Waals surface area contributed by atoms with Gasteiger partial charge in [-0.2, -0.15) is 0 Å². The average Bonchev–Trinajstić information content (AvgIpc) is 3.14. The van der Waals surface area contributed by atoms with Crippen molar-refractivity contribution in [3.8, 4) is 0 Å². The molecule has 0 aromatic heterocycles. The summed E-state index contributed by atoms with van der Waals surface area (Å²) >= 11 is 0. The highest BCUT2D eigenvalue weighted by Gasteiger charge is 2.56. The molecule has 0 saturated heterocycles. The molecule has 0 heterocycles. The van der Waals surface area contributed by atoms with Crippen molar-refractivity contribution in [3.63, 3.8) is 0 Å². The van der Waals surface area contributed by atoms with E-state index in [-0.39, 0.29) is 29.7 Å². The third kappa shape index (κ3) is 4.25. The van der Waals surface area contributed by atoms with Crippen molar-refractivity contribution >= 4 is 11.8 Å². The predicted molar refractivity (Wildman–Crippen MR) is 131 cm³/mol. The molecule has 7 atom stereocenters. The minimum atomic E-state index is -0.226. The van der Waals surface area contributed by atoms with Crippen molar-refractivity contribution in [3.05, 3.63) is 11.6 Å². The van der Waals surface area contributed by atoms with Gasteiger partial charge in [-0.15, -0.1) is 0 Å². The molecule has 33 heavy (non-hydrogen) atoms. The Kier molecular flexibility index (Phi) is 6.10. The van der Waals surface area contributed by atoms with Crippen LogP contribution < -0.4 is 0 Å². The van der Waals surface area contributed by atoms with Gasteiger partial charge in [0.05, 0.1) is 5.92 Å². The molecule has 0 aromatic carbocycles. The van der Waals surface area contributed by atoms with Crippen molar-refractivity contribution in [1.82, 2.24) is 0 Å². The van der Waals surface area contributed by atoms with E-state index in [1.807, 2.05) is 6.08 Å². The van der Waals surface area contributed by atoms with Gasteiger partial charge in [-0.1, -0.05) is 46.6 Å². The maximum Gasteiger partial charge on any atom is 0.309 e. The number of esters is 1. The van der Waals surface area contributed by atoms with E-state index in [0.29, 0.717) is 35.0 Å². The van der Waals surface area contributed by atoms with Gasteiger partial charge in [0.15, 0.2) is 5.78 Å². The second-order valence-electron chi connectivity index (χ2n) is 13.9. The number of ether oxygens (including phenoxy) is 1. The summed E-state index contributed by atoms with van der Waals surface area (Å²) in [4.78, 5) is 26.0. The summed E-state index contributed by atoms with van der Waals surface area (Å²) in [5, 5.41) is 0. The highest BCUT2D eigenvalue weighted by Crippen LogP contribution is 2.63. The van der Waals surface area contributed by atoms with Gasteiger partial charge in [0.2, 0.25) is 0 Å². The molecule has 5 aliphatic carbocycles. The smallest absolute Gasteiger partial charge is 0.309 e. The molecule has 0 amide bonds. The Morgan fingerprint density at radius 2 is 1.76 bits per heavy atom. The number of fused-ring (bicyclic) bond motifs is 5. The molecule has 0 radical (unpaired) electrons. The Morgan fingerprint density at radius 3 is 2.45 bits per heavy atom. The van der Waals surface area contributed by atoms with E-state index < -0.39 is 0 Å². The fourth-order valence-corrected chi connectivity index (χ4v) is 9.19. The quantitative estimate of drug-likeness (QED) is 0.417. The molecule has 184 valence electrons. The summed E-state index contributed by atoms with van der Waals surface area (Å²) in [5.74, 6) is 3.91. The first kappa shape index (κ1) is 23.6. The minimum Gasteiger partial charge on any atom is -0.461 e. The first-order valence-electron chi connectivity index (χ1n) is 14.0. The Bertz CT molecular complexity index is 811. The van der Waals surface area contributed by atoms with Crippen molar-refractivity contribution < 1.29 is 14.3 Å². The number of carbonyl (C=O) groups is 2. The van der Waals surface area contributed by atoms with Gasteiger partial charge in [-0.05, 0) is 104 Å². The normalized spacial score (nSPS) is 45.5. The summed E-state index contributed by atoms with van der Waals surface area (Å²) < 4.78 is 6.31. The molecule has 5 rings (SSSR count). The van der Waals surface area contributed by atoms with Crippen LogP contribution in [0.3, 0.4) is 0 Å². The third-order valence-electron chi connectivity index (χ3n) is 11.0. The van der Waals surface area contributed by atoms with Gasteiger partial charge >= 0.3 is 5.97 Å². The van der Waals surface area contributed by atoms with E-state index in [2.05, 4.69) is 34.6 Å². The van der Waals surface area contributed by atoms with Crippen molar-refractivity contribution in [1.29, 1.82) is 0 Å². The molecule has 0 aliphatic heterocycles. The first-order valence-corrected chi connectivity index (χ1v) is 14.0. The van der Waals surface area contributed by atoms with Crippen LogP contribution in [0.25, 0.3) is 0 Å². The van der Waals surface area contributed by atoms with E-state index in [9.17, 15) is 9.59 Å². The lowest BCUT2D eigenvalue weighted by Gasteiger charge is -2.56. The zero-order valence-electron chi connectivity index (χ0n) is 21.7. The van der Waals surface area contributed by atoms with Crippen LogP contribution in [-0.4, -0.2) is 17.9 Å². The first-order chi connectivity index (χ1) is 15.6. The summed E-state index contributed by atoms with van der Waals surface area (Å²) in [5.41, 5.74) is 2.13. The molecule has 0 spiro atoms. The van der Waals surface area contributed by atoms with Crippen LogP contribution >= 0.6 is 0 Å². The van der Waals surface area contributed by atoms with E-state index in [4.69, 9.17) is 4.74 Å². The van der Waals surface area contributed by atoms with Crippen molar-refractivity contribution in [2.24, 2.45) is 52.3 Å². The average molecular weight is 455 g/mol. The van der Waals surface area contributed by atoms with E-state index in [1.165, 1.54) is 37.7 Å². The lowest BCUT2D eigenvalue weighted by atomic mass is 9.49. The summed E-state index contributed by atoms with van der Waals surface area (Å²) in [6.45, 7) is 11.9. The largest absolute Gasteiger partial charge is 0.461 e. The second-order valence-corrected chi connectivity index (χ2v) is 13.9. The molecule has 2 unspecified atom stereocenters. The minimum absolute atomic E-state index is 0.0157. The van der Waals surface area contributed by atoms with Crippen LogP contribution in [-0.2, 0) is 14.3 Å². The molecule has 0 aromatic rings. The monoisotopic (exact) mass is 454 g/mol. The van der Waals surface area contributed by atoms with E-state index in [0.717, 1.165) is 43.9 Å². The highest BCUT2D eigenvalue weighted by molar-refractivity contribution is 5.92. The van der Waals surface area contributed by atoms with Crippen LogP contribution in [0.5, 0.6) is 0 Å². The zero-order valence-corrected chi connectivity index (χ0v) is 21.7. The fourth-order valence-electron chi connectivity index (χ4n) is 9.19. The summed E-state index contributed by atoms with van der Waals surface area (Å²) in [6.07, 6.45) is 13.9. The number of hydrogen-bond acceptors (Lipinski definition) is 3. The van der Waals surface area contributed by atoms with Gasteiger partial charge in [-0.25, -0.2) is 0 Å². The standard InChI is InChI=1S/C30H46O3/c1-18-15-20-16-22(31)17-25(33-28(32)19-8-10-21(11-9-19)29(2,3)4)27(20)23-12-14-30(5)13-6-7-24(30)26(18)23/h16,18-19,21,23-27H,6-15,17H2,1-5H3/t18?,19-,21-,23-,24-,25?,26+,27-,30-/m0/s1. The molecule has 3 heteroatoms. The molecule has 5 aliphatic rings. The van der Waals surface area contributed by atoms with Gasteiger partial charge < -0.3 is 4.74 Å². The number of ketones is 1. The Hall–Kier alpha value is -1.12. The highest BCUT2D eigenvalue weighted by atomic mass is 16.5. The fraction of sp³-hybridized carbons (Fsp3) is 0.867. The van der Waals surface area contributed by atoms with Crippen LogP contribution in [0.15, 0.2) is 11.6 Å². The molecular formula is C30H46O3. The maximum absolute atomic E-state index is 13.3. The molecule has 3 nitrogen and oxygen atoms in total. The molecule has 0 N–H and O–H groups in total. The van der Waals surface area contributed by atoms with Crippen LogP contribution in [0.2, 0.25) is 0 Å². The number of rotatable bonds is 2. The van der Waals surface area contributed by atoms with Crippen LogP contribution in [0.4, 0.5) is 0 Å². The molecular weight excluding hydrogens is 408 g/mol. The predicted octanol–water partition coefficient (Wildman–Crippen LogP) is 7.14. The third-order valence-corrected chi connectivity index (χ3v) is 11.0. The summed E-state index contributed by atoms with van der Waals surface area (Å²) in [6, 6.07) is 0. The van der Waals surface area contributed by atoms with Crippen LogP contribution in [0, 0.1) is 52.3 Å². The zero-order chi connectivity index (χ0) is 23.5.